The van der Waals surface area contributed by atoms with E-state index < -0.39 is 0 Å². The first-order valence-electron chi connectivity index (χ1n) is 12.5. The molecule has 3 aliphatic rings. The minimum absolute atomic E-state index is 0.121. The molecule has 3 fully saturated rings. The van der Waals surface area contributed by atoms with Crippen LogP contribution in [0.3, 0.4) is 0 Å². The second kappa shape index (κ2) is 9.54. The molecule has 0 aliphatic heterocycles. The van der Waals surface area contributed by atoms with Crippen molar-refractivity contribution < 1.29 is 5.11 Å². The van der Waals surface area contributed by atoms with E-state index in [0.29, 0.717) is 23.2 Å². The molecule has 0 saturated heterocycles. The summed E-state index contributed by atoms with van der Waals surface area (Å²) in [4.78, 5) is 0. The van der Waals surface area contributed by atoms with E-state index in [0.717, 1.165) is 37.0 Å². The van der Waals surface area contributed by atoms with Gasteiger partial charge in [0, 0.05) is 0 Å². The molecule has 1 heteroatoms. The molecule has 0 heterocycles. The lowest BCUT2D eigenvalue weighted by molar-refractivity contribution is 0.112. The van der Waals surface area contributed by atoms with Crippen LogP contribution < -0.4 is 0 Å². The van der Waals surface area contributed by atoms with Crippen LogP contribution in [0.15, 0.2) is 35.5 Å². The largest absolute Gasteiger partial charge is 0.393 e. The molecule has 0 spiro atoms. The van der Waals surface area contributed by atoms with Gasteiger partial charge in [-0.2, -0.15) is 0 Å². The van der Waals surface area contributed by atoms with Crippen molar-refractivity contribution in [1.29, 1.82) is 0 Å². The Bertz CT molecular complexity index is 639. The first-order chi connectivity index (χ1) is 13.7. The lowest BCUT2D eigenvalue weighted by Crippen LogP contribution is -2.35. The van der Waals surface area contributed by atoms with Crippen LogP contribution in [0.25, 0.3) is 0 Å². The molecule has 0 aromatic heterocycles. The summed E-state index contributed by atoms with van der Waals surface area (Å²) in [5.74, 6) is 4.29. The highest BCUT2D eigenvalue weighted by atomic mass is 16.3. The number of rotatable bonds is 5. The predicted molar refractivity (Wildman–Crippen MR) is 126 cm³/mol. The van der Waals surface area contributed by atoms with Crippen molar-refractivity contribution in [2.45, 2.75) is 99.0 Å². The molecule has 29 heavy (non-hydrogen) atoms. The van der Waals surface area contributed by atoms with Gasteiger partial charge in [0.1, 0.15) is 0 Å². The summed E-state index contributed by atoms with van der Waals surface area (Å²) in [6.45, 7) is 14.4. The second-order valence-corrected chi connectivity index (χ2v) is 11.3. The number of aliphatic hydroxyl groups is 1. The fourth-order valence-electron chi connectivity index (χ4n) is 6.50. The van der Waals surface area contributed by atoms with Gasteiger partial charge < -0.3 is 5.11 Å². The van der Waals surface area contributed by atoms with Gasteiger partial charge in [0.2, 0.25) is 0 Å². The van der Waals surface area contributed by atoms with Crippen LogP contribution in [0.2, 0.25) is 0 Å². The quantitative estimate of drug-likeness (QED) is 0.470. The van der Waals surface area contributed by atoms with Crippen LogP contribution in [-0.2, 0) is 0 Å². The number of hydrogen-bond donors (Lipinski definition) is 1. The SMILES string of the molecule is CC(C)[C@@H](C)/C=C/[C@@H](C)C1CCC2/C(=C/C=C3\C[C@@H](O)CC[C@@H]3C)CCC[C@@]21C. The van der Waals surface area contributed by atoms with Crippen molar-refractivity contribution in [3.63, 3.8) is 0 Å². The average Bonchev–Trinajstić information content (AvgIpc) is 3.04. The van der Waals surface area contributed by atoms with Crippen LogP contribution in [0.1, 0.15) is 92.9 Å². The summed E-state index contributed by atoms with van der Waals surface area (Å²) in [7, 11) is 0. The van der Waals surface area contributed by atoms with Crippen molar-refractivity contribution >= 4 is 0 Å². The third kappa shape index (κ3) is 5.09. The Labute approximate surface area is 180 Å². The average molecular weight is 399 g/mol. The normalized spacial score (nSPS) is 40.7. The Hall–Kier alpha value is -0.820. The Balaban J connectivity index is 1.74. The lowest BCUT2D eigenvalue weighted by Gasteiger charge is -2.44. The summed E-state index contributed by atoms with van der Waals surface area (Å²) in [5.41, 5.74) is 3.63. The van der Waals surface area contributed by atoms with Gasteiger partial charge in [0.15, 0.2) is 0 Å². The maximum atomic E-state index is 10.1. The van der Waals surface area contributed by atoms with Crippen molar-refractivity contribution in [3.8, 4) is 0 Å². The van der Waals surface area contributed by atoms with Gasteiger partial charge in [-0.05, 0) is 92.3 Å². The van der Waals surface area contributed by atoms with Crippen molar-refractivity contribution in [2.75, 3.05) is 0 Å². The van der Waals surface area contributed by atoms with E-state index in [-0.39, 0.29) is 6.10 Å². The van der Waals surface area contributed by atoms with Gasteiger partial charge in [-0.15, -0.1) is 0 Å². The fraction of sp³-hybridized carbons (Fsp3) is 0.786. The first kappa shape index (κ1) is 22.9. The molecule has 0 aromatic rings. The molecule has 2 unspecified atom stereocenters. The van der Waals surface area contributed by atoms with Crippen molar-refractivity contribution in [1.82, 2.24) is 0 Å². The maximum absolute atomic E-state index is 10.1. The van der Waals surface area contributed by atoms with Crippen LogP contribution in [0, 0.1) is 40.9 Å². The number of fused-ring (bicyclic) bond motifs is 1. The van der Waals surface area contributed by atoms with Crippen molar-refractivity contribution in [2.24, 2.45) is 40.9 Å². The highest BCUT2D eigenvalue weighted by molar-refractivity contribution is 5.27. The molecule has 0 aromatic carbocycles. The standard InChI is InChI=1S/C28H46O/c1-19(2)20(3)9-10-22(5)26-15-16-27-23(8-7-17-28(26,27)6)12-13-24-18-25(29)14-11-21(24)4/h9-10,12-13,19-22,25-27,29H,7-8,11,14-18H2,1-6H3/b10-9+,23-12+,24-13+/t20-,21-,22+,25-,26?,27?,28+/m0/s1. The van der Waals surface area contributed by atoms with E-state index in [4.69, 9.17) is 0 Å². The molecule has 3 saturated carbocycles. The first-order valence-corrected chi connectivity index (χ1v) is 12.5. The number of aliphatic hydroxyl groups excluding tert-OH is 1. The molecule has 0 radical (unpaired) electrons. The molecular formula is C28H46O. The van der Waals surface area contributed by atoms with Gasteiger partial charge >= 0.3 is 0 Å². The minimum Gasteiger partial charge on any atom is -0.393 e. The Morgan fingerprint density at radius 3 is 2.41 bits per heavy atom. The van der Waals surface area contributed by atoms with Gasteiger partial charge in [-0.25, -0.2) is 0 Å². The number of hydrogen-bond acceptors (Lipinski definition) is 1. The molecule has 1 N–H and O–H groups in total. The minimum atomic E-state index is -0.121. The fourth-order valence-corrected chi connectivity index (χ4v) is 6.50. The van der Waals surface area contributed by atoms with Gasteiger partial charge in [0.05, 0.1) is 6.10 Å². The van der Waals surface area contributed by atoms with Gasteiger partial charge in [-0.1, -0.05) is 77.0 Å². The monoisotopic (exact) mass is 398 g/mol. The summed E-state index contributed by atoms with van der Waals surface area (Å²) >= 11 is 0. The van der Waals surface area contributed by atoms with Crippen LogP contribution >= 0.6 is 0 Å². The summed E-state index contributed by atoms with van der Waals surface area (Å²) in [6, 6.07) is 0. The summed E-state index contributed by atoms with van der Waals surface area (Å²) in [5, 5.41) is 10.1. The summed E-state index contributed by atoms with van der Waals surface area (Å²) in [6.07, 6.45) is 19.5. The third-order valence-electron chi connectivity index (χ3n) is 8.99. The van der Waals surface area contributed by atoms with Crippen LogP contribution in [-0.4, -0.2) is 11.2 Å². The molecule has 1 nitrogen and oxygen atoms in total. The predicted octanol–water partition coefficient (Wildman–Crippen LogP) is 7.72. The number of allylic oxidation sites excluding steroid dienone is 5. The highest BCUT2D eigenvalue weighted by Crippen LogP contribution is 2.59. The maximum Gasteiger partial charge on any atom is 0.0577 e. The van der Waals surface area contributed by atoms with E-state index in [1.165, 1.54) is 37.7 Å². The zero-order valence-corrected chi connectivity index (χ0v) is 20.0. The Morgan fingerprint density at radius 2 is 1.69 bits per heavy atom. The third-order valence-corrected chi connectivity index (χ3v) is 8.99. The second-order valence-electron chi connectivity index (χ2n) is 11.3. The smallest absolute Gasteiger partial charge is 0.0577 e. The molecule has 3 aliphatic carbocycles. The molecule has 164 valence electrons. The van der Waals surface area contributed by atoms with E-state index in [1.807, 2.05) is 0 Å². The zero-order valence-electron chi connectivity index (χ0n) is 20.0. The van der Waals surface area contributed by atoms with Crippen LogP contribution in [0.5, 0.6) is 0 Å². The Morgan fingerprint density at radius 1 is 0.966 bits per heavy atom. The van der Waals surface area contributed by atoms with E-state index in [2.05, 4.69) is 65.8 Å². The topological polar surface area (TPSA) is 20.2 Å². The molecule has 0 bridgehead atoms. The molecular weight excluding hydrogens is 352 g/mol. The molecule has 0 amide bonds. The molecule has 7 atom stereocenters. The highest BCUT2D eigenvalue weighted by Gasteiger charge is 2.50. The summed E-state index contributed by atoms with van der Waals surface area (Å²) < 4.78 is 0. The molecule has 3 rings (SSSR count). The zero-order chi connectivity index (χ0) is 21.2. The van der Waals surface area contributed by atoms with E-state index >= 15 is 0 Å². The van der Waals surface area contributed by atoms with E-state index in [9.17, 15) is 5.11 Å². The van der Waals surface area contributed by atoms with Gasteiger partial charge in [0.25, 0.3) is 0 Å². The van der Waals surface area contributed by atoms with Crippen molar-refractivity contribution in [3.05, 3.63) is 35.5 Å². The van der Waals surface area contributed by atoms with Gasteiger partial charge in [-0.3, -0.25) is 0 Å². The lowest BCUT2D eigenvalue weighted by atomic mass is 9.61. The Kier molecular flexibility index (Phi) is 7.52. The van der Waals surface area contributed by atoms with Crippen LogP contribution in [0.4, 0.5) is 0 Å². The van der Waals surface area contributed by atoms with E-state index in [1.54, 1.807) is 5.57 Å².